The second-order valence-electron chi connectivity index (χ2n) is 8.56. The molecule has 2 aromatic carbocycles. The number of rotatable bonds is 2. The highest BCUT2D eigenvalue weighted by atomic mass is 16.5. The van der Waals surface area contributed by atoms with Crippen LogP contribution in [-0.2, 0) is 18.3 Å². The summed E-state index contributed by atoms with van der Waals surface area (Å²) in [6, 6.07) is 10.3. The van der Waals surface area contributed by atoms with Gasteiger partial charge >= 0.3 is 0 Å². The zero-order valence-corrected chi connectivity index (χ0v) is 16.2. The van der Waals surface area contributed by atoms with Crippen LogP contribution in [0.2, 0.25) is 0 Å². The number of nitrogens with one attached hydrogen (secondary N) is 1. The molecule has 1 saturated heterocycles. The summed E-state index contributed by atoms with van der Waals surface area (Å²) >= 11 is 0. The number of hydrogen-bond acceptors (Lipinski definition) is 3. The zero-order chi connectivity index (χ0) is 19.0. The number of hydrogen-bond donors (Lipinski definition) is 1. The van der Waals surface area contributed by atoms with E-state index in [0.717, 1.165) is 48.2 Å². The predicted molar refractivity (Wildman–Crippen MR) is 107 cm³/mol. The van der Waals surface area contributed by atoms with Crippen molar-refractivity contribution in [2.75, 3.05) is 13.7 Å². The van der Waals surface area contributed by atoms with Gasteiger partial charge in [0.05, 0.1) is 24.5 Å². The number of imidazole rings is 1. The minimum atomic E-state index is 0.139. The van der Waals surface area contributed by atoms with E-state index in [1.807, 2.05) is 18.2 Å². The van der Waals surface area contributed by atoms with Gasteiger partial charge in [0.1, 0.15) is 5.75 Å². The first-order valence-electron chi connectivity index (χ1n) is 10.1. The molecule has 5 heteroatoms. The van der Waals surface area contributed by atoms with Crippen LogP contribution in [-0.4, -0.2) is 40.5 Å². The maximum atomic E-state index is 13.4. The fourth-order valence-corrected chi connectivity index (χ4v) is 6.08. The minimum absolute atomic E-state index is 0.139. The van der Waals surface area contributed by atoms with Crippen molar-refractivity contribution in [1.29, 1.82) is 0 Å². The Labute approximate surface area is 163 Å². The average molecular weight is 373 g/mol. The summed E-state index contributed by atoms with van der Waals surface area (Å²) < 4.78 is 5.59. The number of aromatic amines is 1. The molecule has 2 heterocycles. The topological polar surface area (TPSA) is 58.2 Å². The van der Waals surface area contributed by atoms with Crippen molar-refractivity contribution in [2.24, 2.45) is 5.92 Å². The zero-order valence-electron chi connectivity index (χ0n) is 16.2. The van der Waals surface area contributed by atoms with E-state index < -0.39 is 0 Å². The van der Waals surface area contributed by atoms with Gasteiger partial charge in [0.2, 0.25) is 0 Å². The van der Waals surface area contributed by atoms with Crippen molar-refractivity contribution in [3.05, 3.63) is 58.9 Å². The van der Waals surface area contributed by atoms with Gasteiger partial charge in [0.15, 0.2) is 0 Å². The molecular formula is C23H23N3O2. The van der Waals surface area contributed by atoms with Crippen LogP contribution in [0.15, 0.2) is 36.7 Å². The number of methoxy groups -OCH3 is 1. The number of nitrogens with zero attached hydrogens (tertiary/aromatic N) is 2. The second kappa shape index (κ2) is 5.37. The Balaban J connectivity index is 1.38. The molecule has 3 atom stereocenters. The van der Waals surface area contributed by atoms with E-state index in [0.29, 0.717) is 5.92 Å². The number of carbonyl (C=O) groups excluding carboxylic acids is 1. The van der Waals surface area contributed by atoms with Crippen LogP contribution in [0.5, 0.6) is 5.75 Å². The number of likely N-dealkylation sites (tertiary alicyclic amines) is 1. The van der Waals surface area contributed by atoms with Crippen LogP contribution in [0.4, 0.5) is 0 Å². The molecule has 1 N–H and O–H groups in total. The SMILES string of the molecule is COc1ccc2c3c1C[C@]31CCN(C(=O)c3ccc4nc[nH]c4c3)C(C2)C1C. The van der Waals surface area contributed by atoms with Crippen molar-refractivity contribution < 1.29 is 9.53 Å². The van der Waals surface area contributed by atoms with Gasteiger partial charge in [0, 0.05) is 23.6 Å². The fourth-order valence-electron chi connectivity index (χ4n) is 6.08. The molecule has 3 aliphatic rings. The fraction of sp³-hybridized carbons (Fsp3) is 0.391. The highest BCUT2D eigenvalue weighted by molar-refractivity contribution is 5.97. The Bertz CT molecular complexity index is 1130. The monoisotopic (exact) mass is 373 g/mol. The smallest absolute Gasteiger partial charge is 0.254 e. The van der Waals surface area contributed by atoms with Gasteiger partial charge in [-0.25, -0.2) is 4.98 Å². The minimum Gasteiger partial charge on any atom is -0.496 e. The number of ether oxygens (including phenoxy) is 1. The predicted octanol–water partition coefficient (Wildman–Crippen LogP) is 3.47. The maximum absolute atomic E-state index is 13.4. The number of piperidine rings is 1. The lowest BCUT2D eigenvalue weighted by Crippen LogP contribution is -2.64. The summed E-state index contributed by atoms with van der Waals surface area (Å²) in [6.07, 6.45) is 4.73. The largest absolute Gasteiger partial charge is 0.496 e. The van der Waals surface area contributed by atoms with Crippen molar-refractivity contribution in [2.45, 2.75) is 37.6 Å². The van der Waals surface area contributed by atoms with Crippen molar-refractivity contribution in [3.8, 4) is 5.75 Å². The molecule has 6 rings (SSSR count). The van der Waals surface area contributed by atoms with Gasteiger partial charge in [-0.3, -0.25) is 4.79 Å². The van der Waals surface area contributed by atoms with Crippen LogP contribution in [0.25, 0.3) is 11.0 Å². The molecule has 2 aliphatic carbocycles. The lowest BCUT2D eigenvalue weighted by molar-refractivity contribution is 0.0111. The molecule has 2 unspecified atom stereocenters. The van der Waals surface area contributed by atoms with E-state index in [1.165, 1.54) is 16.7 Å². The molecule has 1 aromatic heterocycles. The summed E-state index contributed by atoms with van der Waals surface area (Å²) in [5.41, 5.74) is 7.12. The molecule has 2 bridgehead atoms. The highest BCUT2D eigenvalue weighted by Gasteiger charge is 2.58. The number of carbonyl (C=O) groups is 1. The molecule has 5 nitrogen and oxygen atoms in total. The van der Waals surface area contributed by atoms with Gasteiger partial charge in [-0.1, -0.05) is 13.0 Å². The second-order valence-corrected chi connectivity index (χ2v) is 8.56. The van der Waals surface area contributed by atoms with Crippen molar-refractivity contribution >= 4 is 16.9 Å². The van der Waals surface area contributed by atoms with Crippen LogP contribution in [0.3, 0.4) is 0 Å². The third-order valence-electron chi connectivity index (χ3n) is 7.57. The third-order valence-corrected chi connectivity index (χ3v) is 7.57. The number of benzene rings is 2. The molecule has 0 radical (unpaired) electrons. The number of aromatic nitrogens is 2. The summed E-state index contributed by atoms with van der Waals surface area (Å²) in [6.45, 7) is 3.17. The Morgan fingerprint density at radius 2 is 2.21 bits per heavy atom. The first kappa shape index (κ1) is 16.2. The lowest BCUT2D eigenvalue weighted by atomic mass is 9.48. The quantitative estimate of drug-likeness (QED) is 0.748. The molecule has 142 valence electrons. The van der Waals surface area contributed by atoms with Gasteiger partial charge in [-0.15, -0.1) is 0 Å². The normalized spacial score (nSPS) is 27.3. The third kappa shape index (κ3) is 1.87. The van der Waals surface area contributed by atoms with E-state index in [1.54, 1.807) is 13.4 Å². The van der Waals surface area contributed by atoms with E-state index in [9.17, 15) is 4.79 Å². The molecule has 1 fully saturated rings. The molecule has 1 spiro atoms. The number of fused-ring (bicyclic) bond motifs is 2. The van der Waals surface area contributed by atoms with E-state index in [4.69, 9.17) is 4.74 Å². The van der Waals surface area contributed by atoms with E-state index in [-0.39, 0.29) is 17.4 Å². The van der Waals surface area contributed by atoms with Crippen LogP contribution in [0.1, 0.15) is 40.4 Å². The van der Waals surface area contributed by atoms with Crippen LogP contribution >= 0.6 is 0 Å². The first-order chi connectivity index (χ1) is 13.6. The molecule has 1 aliphatic heterocycles. The van der Waals surface area contributed by atoms with E-state index in [2.05, 4.69) is 33.9 Å². The summed E-state index contributed by atoms with van der Waals surface area (Å²) in [7, 11) is 1.76. The first-order valence-corrected chi connectivity index (χ1v) is 10.1. The Hall–Kier alpha value is -2.82. The van der Waals surface area contributed by atoms with Gasteiger partial charge in [-0.2, -0.15) is 0 Å². The molecular weight excluding hydrogens is 350 g/mol. The molecule has 28 heavy (non-hydrogen) atoms. The van der Waals surface area contributed by atoms with Gasteiger partial charge < -0.3 is 14.6 Å². The lowest BCUT2D eigenvalue weighted by Gasteiger charge is -2.61. The Morgan fingerprint density at radius 1 is 1.32 bits per heavy atom. The summed E-state index contributed by atoms with van der Waals surface area (Å²) in [4.78, 5) is 22.9. The number of amides is 1. The highest BCUT2D eigenvalue weighted by Crippen LogP contribution is 2.59. The van der Waals surface area contributed by atoms with Crippen LogP contribution < -0.4 is 4.74 Å². The van der Waals surface area contributed by atoms with Gasteiger partial charge in [0.25, 0.3) is 5.91 Å². The number of H-pyrrole nitrogens is 1. The van der Waals surface area contributed by atoms with Crippen molar-refractivity contribution in [3.63, 3.8) is 0 Å². The van der Waals surface area contributed by atoms with Crippen LogP contribution in [0, 0.1) is 5.92 Å². The average Bonchev–Trinajstić information content (AvgIpc) is 3.15. The molecule has 3 aromatic rings. The summed E-state index contributed by atoms with van der Waals surface area (Å²) in [5.74, 6) is 1.63. The molecule has 1 amide bonds. The standard InChI is InChI=1S/C23H23N3O2/c1-13-19-10-14-4-6-20(28-2)16-11-23(13,21(14)16)7-8-26(19)22(27)15-3-5-17-18(9-15)25-12-24-17/h3-6,9,12-13,19H,7-8,10-11H2,1-2H3,(H,24,25)/t13?,19?,23-/m0/s1. The Kier molecular flexibility index (Phi) is 3.10. The van der Waals surface area contributed by atoms with Gasteiger partial charge in [-0.05, 0) is 66.1 Å². The van der Waals surface area contributed by atoms with E-state index >= 15 is 0 Å². The summed E-state index contributed by atoms with van der Waals surface area (Å²) in [5, 5.41) is 0. The maximum Gasteiger partial charge on any atom is 0.254 e. The molecule has 0 saturated carbocycles. The van der Waals surface area contributed by atoms with Crippen molar-refractivity contribution in [1.82, 2.24) is 14.9 Å². The Morgan fingerprint density at radius 3 is 3.07 bits per heavy atom.